The van der Waals surface area contributed by atoms with Crippen molar-refractivity contribution in [1.29, 1.82) is 0 Å². The normalized spacial score (nSPS) is 11.7. The van der Waals surface area contributed by atoms with E-state index in [2.05, 4.69) is 22.1 Å². The van der Waals surface area contributed by atoms with E-state index in [9.17, 15) is 4.79 Å². The molecule has 0 aliphatic heterocycles. The van der Waals surface area contributed by atoms with Crippen molar-refractivity contribution in [2.24, 2.45) is 0 Å². The molecule has 0 radical (unpaired) electrons. The highest BCUT2D eigenvalue weighted by Gasteiger charge is 2.17. The van der Waals surface area contributed by atoms with Gasteiger partial charge in [-0.15, -0.1) is 6.58 Å². The standard InChI is InChI=1S/C15H18N4O2S/c1-4-9-19-13(17-18-15(19)22)10(2)16-14(20)11-5-7-12(21-3)8-6-11/h4-8,10H,1,9H2,2-3H3,(H,16,20)(H,18,22)/t10-/m0/s1. The summed E-state index contributed by atoms with van der Waals surface area (Å²) in [4.78, 5) is 12.3. The highest BCUT2D eigenvalue weighted by molar-refractivity contribution is 7.71. The van der Waals surface area contributed by atoms with Crippen LogP contribution in [0.25, 0.3) is 0 Å². The van der Waals surface area contributed by atoms with Crippen molar-refractivity contribution < 1.29 is 9.53 Å². The smallest absolute Gasteiger partial charge is 0.251 e. The van der Waals surface area contributed by atoms with E-state index in [0.717, 1.165) is 0 Å². The summed E-state index contributed by atoms with van der Waals surface area (Å²) in [5.41, 5.74) is 0.553. The van der Waals surface area contributed by atoms with Crippen molar-refractivity contribution >= 4 is 18.1 Å². The van der Waals surface area contributed by atoms with Crippen LogP contribution in [0.1, 0.15) is 29.1 Å². The summed E-state index contributed by atoms with van der Waals surface area (Å²) >= 11 is 5.16. The largest absolute Gasteiger partial charge is 0.497 e. The molecule has 1 amide bonds. The molecule has 1 aromatic heterocycles. The zero-order valence-electron chi connectivity index (χ0n) is 12.5. The number of amides is 1. The van der Waals surface area contributed by atoms with Gasteiger partial charge >= 0.3 is 0 Å². The van der Waals surface area contributed by atoms with Gasteiger partial charge in [0, 0.05) is 12.1 Å². The molecule has 0 aliphatic carbocycles. The second-order valence-corrected chi connectivity index (χ2v) is 5.10. The maximum absolute atomic E-state index is 12.3. The lowest BCUT2D eigenvalue weighted by molar-refractivity contribution is 0.0937. The number of aromatic nitrogens is 3. The summed E-state index contributed by atoms with van der Waals surface area (Å²) < 4.78 is 7.37. The van der Waals surface area contributed by atoms with Crippen molar-refractivity contribution in [3.05, 3.63) is 53.1 Å². The Bertz CT molecular complexity index is 718. The van der Waals surface area contributed by atoms with E-state index in [0.29, 0.717) is 28.5 Å². The van der Waals surface area contributed by atoms with Crippen molar-refractivity contribution in [2.45, 2.75) is 19.5 Å². The second kappa shape index (κ2) is 7.04. The summed E-state index contributed by atoms with van der Waals surface area (Å²) in [6, 6.07) is 6.62. The number of benzene rings is 1. The lowest BCUT2D eigenvalue weighted by atomic mass is 10.2. The first kappa shape index (κ1) is 16.0. The quantitative estimate of drug-likeness (QED) is 0.634. The first-order valence-corrected chi connectivity index (χ1v) is 7.18. The van der Waals surface area contributed by atoms with Crippen molar-refractivity contribution in [3.8, 4) is 5.75 Å². The number of carbonyl (C=O) groups excluding carboxylic acids is 1. The van der Waals surface area contributed by atoms with Gasteiger partial charge in [-0.25, -0.2) is 0 Å². The Morgan fingerprint density at radius 1 is 1.55 bits per heavy atom. The lowest BCUT2D eigenvalue weighted by Crippen LogP contribution is -2.28. The van der Waals surface area contributed by atoms with Crippen molar-refractivity contribution in [2.75, 3.05) is 7.11 Å². The third kappa shape index (κ3) is 3.43. The molecule has 116 valence electrons. The maximum Gasteiger partial charge on any atom is 0.251 e. The Kier molecular flexibility index (Phi) is 5.11. The first-order valence-electron chi connectivity index (χ1n) is 6.77. The average molecular weight is 318 g/mol. The van der Waals surface area contributed by atoms with Crippen LogP contribution in [0.2, 0.25) is 0 Å². The van der Waals surface area contributed by atoms with E-state index in [-0.39, 0.29) is 11.9 Å². The monoisotopic (exact) mass is 318 g/mol. The van der Waals surface area contributed by atoms with Crippen LogP contribution in [0.3, 0.4) is 0 Å². The van der Waals surface area contributed by atoms with Gasteiger partial charge in [0.15, 0.2) is 10.6 Å². The van der Waals surface area contributed by atoms with Crippen LogP contribution >= 0.6 is 12.2 Å². The van der Waals surface area contributed by atoms with Gasteiger partial charge in [-0.2, -0.15) is 5.10 Å². The Morgan fingerprint density at radius 3 is 2.82 bits per heavy atom. The van der Waals surface area contributed by atoms with E-state index >= 15 is 0 Å². The molecular formula is C15H18N4O2S. The maximum atomic E-state index is 12.3. The van der Waals surface area contributed by atoms with Crippen LogP contribution in [-0.4, -0.2) is 27.8 Å². The minimum Gasteiger partial charge on any atom is -0.497 e. The van der Waals surface area contributed by atoms with Crippen LogP contribution in [-0.2, 0) is 6.54 Å². The molecule has 22 heavy (non-hydrogen) atoms. The number of aromatic amines is 1. The SMILES string of the molecule is C=CCn1c([C@H](C)NC(=O)c2ccc(OC)cc2)n[nH]c1=S. The number of H-pyrrole nitrogens is 1. The van der Waals surface area contributed by atoms with Crippen LogP contribution < -0.4 is 10.1 Å². The number of nitrogens with zero attached hydrogens (tertiary/aromatic N) is 2. The zero-order valence-corrected chi connectivity index (χ0v) is 13.3. The van der Waals surface area contributed by atoms with Crippen molar-refractivity contribution in [1.82, 2.24) is 20.1 Å². The third-order valence-corrected chi connectivity index (χ3v) is 3.50. The third-order valence-electron chi connectivity index (χ3n) is 3.19. The minimum atomic E-state index is -0.289. The molecule has 0 spiro atoms. The number of ether oxygens (including phenoxy) is 1. The fourth-order valence-corrected chi connectivity index (χ4v) is 2.27. The fourth-order valence-electron chi connectivity index (χ4n) is 2.05. The number of nitrogens with one attached hydrogen (secondary N) is 2. The van der Waals surface area contributed by atoms with E-state index in [1.807, 2.05) is 6.92 Å². The van der Waals surface area contributed by atoms with Gasteiger partial charge in [0.1, 0.15) is 5.75 Å². The van der Waals surface area contributed by atoms with E-state index in [1.165, 1.54) is 0 Å². The first-order chi connectivity index (χ1) is 10.6. The Morgan fingerprint density at radius 2 is 2.23 bits per heavy atom. The predicted octanol–water partition coefficient (Wildman–Crippen LogP) is 2.63. The summed E-state index contributed by atoms with van der Waals surface area (Å²) in [5, 5.41) is 9.80. The number of allylic oxidation sites excluding steroid dienone is 1. The van der Waals surface area contributed by atoms with Gasteiger partial charge in [0.05, 0.1) is 13.2 Å². The minimum absolute atomic E-state index is 0.186. The molecule has 0 saturated heterocycles. The Balaban J connectivity index is 2.13. The summed E-state index contributed by atoms with van der Waals surface area (Å²) in [6.07, 6.45) is 1.73. The average Bonchev–Trinajstić information content (AvgIpc) is 2.89. The van der Waals surface area contributed by atoms with E-state index in [4.69, 9.17) is 17.0 Å². The van der Waals surface area contributed by atoms with Gasteiger partial charge in [0.25, 0.3) is 5.91 Å². The molecule has 6 nitrogen and oxygen atoms in total. The van der Waals surface area contributed by atoms with Gasteiger partial charge in [-0.3, -0.25) is 14.5 Å². The highest BCUT2D eigenvalue weighted by Crippen LogP contribution is 2.14. The summed E-state index contributed by atoms with van der Waals surface area (Å²) in [6.45, 7) is 6.08. The fraction of sp³-hybridized carbons (Fsp3) is 0.267. The predicted molar refractivity (Wildman–Crippen MR) is 86.5 cm³/mol. The topological polar surface area (TPSA) is 71.9 Å². The highest BCUT2D eigenvalue weighted by atomic mass is 32.1. The van der Waals surface area contributed by atoms with Gasteiger partial charge in [-0.1, -0.05) is 6.08 Å². The molecule has 1 aromatic carbocycles. The van der Waals surface area contributed by atoms with Crippen molar-refractivity contribution in [3.63, 3.8) is 0 Å². The molecule has 2 N–H and O–H groups in total. The molecule has 7 heteroatoms. The summed E-state index contributed by atoms with van der Waals surface area (Å²) in [5.74, 6) is 1.18. The molecular weight excluding hydrogens is 300 g/mol. The molecule has 0 unspecified atom stereocenters. The molecule has 2 aromatic rings. The Labute approximate surface area is 133 Å². The number of carbonyl (C=O) groups is 1. The molecule has 2 rings (SSSR count). The van der Waals surface area contributed by atoms with Gasteiger partial charge in [0.2, 0.25) is 0 Å². The molecule has 0 aliphatic rings. The number of hydrogen-bond donors (Lipinski definition) is 2. The number of hydrogen-bond acceptors (Lipinski definition) is 4. The lowest BCUT2D eigenvalue weighted by Gasteiger charge is -2.14. The summed E-state index contributed by atoms with van der Waals surface area (Å²) in [7, 11) is 1.58. The Hall–Kier alpha value is -2.41. The molecule has 1 atom stereocenters. The van der Waals surface area contributed by atoms with Crippen LogP contribution in [0.5, 0.6) is 5.75 Å². The van der Waals surface area contributed by atoms with Gasteiger partial charge in [-0.05, 0) is 43.4 Å². The van der Waals surface area contributed by atoms with E-state index in [1.54, 1.807) is 42.0 Å². The van der Waals surface area contributed by atoms with Crippen LogP contribution in [0.4, 0.5) is 0 Å². The second-order valence-electron chi connectivity index (χ2n) is 4.71. The molecule has 0 fully saturated rings. The van der Waals surface area contributed by atoms with E-state index < -0.39 is 0 Å². The number of rotatable bonds is 6. The van der Waals surface area contributed by atoms with Crippen LogP contribution in [0, 0.1) is 4.77 Å². The van der Waals surface area contributed by atoms with Crippen LogP contribution in [0.15, 0.2) is 36.9 Å². The molecule has 1 heterocycles. The number of methoxy groups -OCH3 is 1. The van der Waals surface area contributed by atoms with Gasteiger partial charge < -0.3 is 10.1 Å². The zero-order chi connectivity index (χ0) is 16.1. The molecule has 0 saturated carbocycles. The molecule has 0 bridgehead atoms.